The van der Waals surface area contributed by atoms with Crippen molar-refractivity contribution in [3.63, 3.8) is 0 Å². The van der Waals surface area contributed by atoms with Gasteiger partial charge in [-0.2, -0.15) is 0 Å². The largest absolute Gasteiger partial charge is 0.384 e. The number of benzene rings is 1. The molecule has 1 aromatic rings. The molecule has 1 heterocycles. The molecule has 0 aromatic heterocycles. The van der Waals surface area contributed by atoms with E-state index >= 15 is 0 Å². The highest BCUT2D eigenvalue weighted by molar-refractivity contribution is 5.21. The van der Waals surface area contributed by atoms with E-state index in [9.17, 15) is 5.11 Å². The minimum atomic E-state index is -0.753. The molecule has 0 spiro atoms. The van der Waals surface area contributed by atoms with Crippen molar-refractivity contribution < 1.29 is 5.11 Å². The SMILES string of the molecule is CC(O)(CN1CCN(C2CCCC2)CC1)c1ccccc1. The van der Waals surface area contributed by atoms with Crippen LogP contribution >= 0.6 is 0 Å². The lowest BCUT2D eigenvalue weighted by molar-refractivity contribution is -0.00443. The summed E-state index contributed by atoms with van der Waals surface area (Å²) in [5.41, 5.74) is 0.264. The zero-order valence-electron chi connectivity index (χ0n) is 13.2. The van der Waals surface area contributed by atoms with Crippen molar-refractivity contribution in [3.8, 4) is 0 Å². The molecule has 1 saturated heterocycles. The maximum absolute atomic E-state index is 10.8. The molecule has 1 N–H and O–H groups in total. The quantitative estimate of drug-likeness (QED) is 0.922. The van der Waals surface area contributed by atoms with E-state index in [0.717, 1.165) is 44.3 Å². The van der Waals surface area contributed by atoms with Crippen LogP contribution in [0.1, 0.15) is 38.2 Å². The summed E-state index contributed by atoms with van der Waals surface area (Å²) < 4.78 is 0. The van der Waals surface area contributed by atoms with Crippen LogP contribution < -0.4 is 0 Å². The Morgan fingerprint density at radius 3 is 2.29 bits per heavy atom. The molecule has 2 fully saturated rings. The van der Waals surface area contributed by atoms with Gasteiger partial charge in [0, 0.05) is 38.8 Å². The average Bonchev–Trinajstić information content (AvgIpc) is 3.03. The predicted octanol–water partition coefficient (Wildman–Crippen LogP) is 2.45. The number of rotatable bonds is 4. The normalized spacial score (nSPS) is 25.0. The van der Waals surface area contributed by atoms with Crippen molar-refractivity contribution in [2.75, 3.05) is 32.7 Å². The molecule has 2 aliphatic rings. The second kappa shape index (κ2) is 6.47. The van der Waals surface area contributed by atoms with E-state index in [1.807, 2.05) is 37.3 Å². The highest BCUT2D eigenvalue weighted by atomic mass is 16.3. The molecule has 1 aliphatic heterocycles. The van der Waals surface area contributed by atoms with Gasteiger partial charge in [-0.15, -0.1) is 0 Å². The summed E-state index contributed by atoms with van der Waals surface area (Å²) >= 11 is 0. The first kappa shape index (κ1) is 15.0. The molecule has 1 aliphatic carbocycles. The summed E-state index contributed by atoms with van der Waals surface area (Å²) in [7, 11) is 0. The molecule has 3 rings (SSSR count). The highest BCUT2D eigenvalue weighted by Gasteiger charge is 2.30. The number of β-amino-alcohol motifs (C(OH)–C–C–N with tert-alkyl or cyclic N) is 1. The molecule has 1 atom stereocenters. The van der Waals surface area contributed by atoms with Crippen LogP contribution in [0.5, 0.6) is 0 Å². The van der Waals surface area contributed by atoms with Gasteiger partial charge in [-0.05, 0) is 25.3 Å². The molecule has 116 valence electrons. The molecule has 0 amide bonds. The fraction of sp³-hybridized carbons (Fsp3) is 0.667. The monoisotopic (exact) mass is 288 g/mol. The zero-order chi connectivity index (χ0) is 14.7. The Labute approximate surface area is 128 Å². The van der Waals surface area contributed by atoms with E-state index in [0.29, 0.717) is 0 Å². The number of hydrogen-bond donors (Lipinski definition) is 1. The first-order valence-electron chi connectivity index (χ1n) is 8.39. The van der Waals surface area contributed by atoms with Crippen LogP contribution in [-0.4, -0.2) is 53.7 Å². The third-order valence-corrected chi connectivity index (χ3v) is 5.18. The maximum atomic E-state index is 10.8. The Balaban J connectivity index is 1.53. The van der Waals surface area contributed by atoms with Crippen LogP contribution in [0.15, 0.2) is 30.3 Å². The van der Waals surface area contributed by atoms with Crippen molar-refractivity contribution in [2.45, 2.75) is 44.2 Å². The summed E-state index contributed by atoms with van der Waals surface area (Å²) in [5.74, 6) is 0. The number of hydrogen-bond acceptors (Lipinski definition) is 3. The lowest BCUT2D eigenvalue weighted by Gasteiger charge is -2.40. The van der Waals surface area contributed by atoms with E-state index in [4.69, 9.17) is 0 Å². The van der Waals surface area contributed by atoms with E-state index < -0.39 is 5.60 Å². The van der Waals surface area contributed by atoms with Gasteiger partial charge in [0.15, 0.2) is 0 Å². The average molecular weight is 288 g/mol. The maximum Gasteiger partial charge on any atom is 0.0994 e. The van der Waals surface area contributed by atoms with Crippen LogP contribution in [0, 0.1) is 0 Å². The van der Waals surface area contributed by atoms with Gasteiger partial charge in [0.05, 0.1) is 5.60 Å². The Morgan fingerprint density at radius 2 is 1.67 bits per heavy atom. The smallest absolute Gasteiger partial charge is 0.0994 e. The third-order valence-electron chi connectivity index (χ3n) is 5.18. The first-order valence-corrected chi connectivity index (χ1v) is 8.39. The fourth-order valence-electron chi connectivity index (χ4n) is 3.88. The van der Waals surface area contributed by atoms with E-state index in [-0.39, 0.29) is 0 Å². The van der Waals surface area contributed by atoms with Gasteiger partial charge in [0.2, 0.25) is 0 Å². The summed E-state index contributed by atoms with van der Waals surface area (Å²) in [4.78, 5) is 5.08. The third kappa shape index (κ3) is 3.65. The minimum absolute atomic E-state index is 0.732. The second-order valence-electron chi connectivity index (χ2n) is 6.89. The lowest BCUT2D eigenvalue weighted by atomic mass is 9.95. The first-order chi connectivity index (χ1) is 10.1. The van der Waals surface area contributed by atoms with Gasteiger partial charge in [-0.25, -0.2) is 0 Å². The van der Waals surface area contributed by atoms with Crippen LogP contribution in [-0.2, 0) is 5.60 Å². The molecule has 3 heteroatoms. The molecule has 3 nitrogen and oxygen atoms in total. The van der Waals surface area contributed by atoms with Crippen LogP contribution in [0.25, 0.3) is 0 Å². The summed E-state index contributed by atoms with van der Waals surface area (Å²) in [5, 5.41) is 10.8. The minimum Gasteiger partial charge on any atom is -0.384 e. The molecular weight excluding hydrogens is 260 g/mol. The van der Waals surface area contributed by atoms with Gasteiger partial charge in [0.25, 0.3) is 0 Å². The highest BCUT2D eigenvalue weighted by Crippen LogP contribution is 2.26. The molecule has 1 unspecified atom stereocenters. The van der Waals surface area contributed by atoms with Gasteiger partial charge in [-0.3, -0.25) is 9.80 Å². The van der Waals surface area contributed by atoms with Crippen molar-refractivity contribution in [1.29, 1.82) is 0 Å². The Morgan fingerprint density at radius 1 is 1.05 bits per heavy atom. The van der Waals surface area contributed by atoms with Crippen LogP contribution in [0.4, 0.5) is 0 Å². The summed E-state index contributed by atoms with van der Waals surface area (Å²) in [6.45, 7) is 7.16. The van der Waals surface area contributed by atoms with E-state index in [1.165, 1.54) is 25.7 Å². The Hall–Kier alpha value is -0.900. The predicted molar refractivity (Wildman–Crippen MR) is 86.3 cm³/mol. The zero-order valence-corrected chi connectivity index (χ0v) is 13.2. The van der Waals surface area contributed by atoms with Crippen molar-refractivity contribution >= 4 is 0 Å². The summed E-state index contributed by atoms with van der Waals surface area (Å²) in [6.07, 6.45) is 5.60. The van der Waals surface area contributed by atoms with Crippen molar-refractivity contribution in [2.24, 2.45) is 0 Å². The van der Waals surface area contributed by atoms with E-state index in [1.54, 1.807) is 0 Å². The van der Waals surface area contributed by atoms with Gasteiger partial charge in [-0.1, -0.05) is 43.2 Å². The van der Waals surface area contributed by atoms with Gasteiger partial charge >= 0.3 is 0 Å². The topological polar surface area (TPSA) is 26.7 Å². The van der Waals surface area contributed by atoms with E-state index in [2.05, 4.69) is 9.80 Å². The molecule has 21 heavy (non-hydrogen) atoms. The fourth-order valence-corrected chi connectivity index (χ4v) is 3.88. The Kier molecular flexibility index (Phi) is 4.63. The van der Waals surface area contributed by atoms with Gasteiger partial charge < -0.3 is 5.11 Å². The van der Waals surface area contributed by atoms with Gasteiger partial charge in [0.1, 0.15) is 0 Å². The Bertz CT molecular complexity index is 432. The lowest BCUT2D eigenvalue weighted by Crippen LogP contribution is -2.52. The number of aliphatic hydroxyl groups is 1. The number of piperazine rings is 1. The molecule has 0 bridgehead atoms. The van der Waals surface area contributed by atoms with Crippen LogP contribution in [0.2, 0.25) is 0 Å². The van der Waals surface area contributed by atoms with Crippen molar-refractivity contribution in [3.05, 3.63) is 35.9 Å². The van der Waals surface area contributed by atoms with Crippen LogP contribution in [0.3, 0.4) is 0 Å². The molecular formula is C18H28N2O. The molecule has 1 aromatic carbocycles. The molecule has 1 saturated carbocycles. The second-order valence-corrected chi connectivity index (χ2v) is 6.89. The van der Waals surface area contributed by atoms with Crippen molar-refractivity contribution in [1.82, 2.24) is 9.80 Å². The number of nitrogens with zero attached hydrogens (tertiary/aromatic N) is 2. The standard InChI is InChI=1S/C18H28N2O/c1-18(21,16-7-3-2-4-8-16)15-19-11-13-20(14-12-19)17-9-5-6-10-17/h2-4,7-8,17,21H,5-6,9-15H2,1H3. The summed E-state index contributed by atoms with van der Waals surface area (Å²) in [6, 6.07) is 10.9. The molecule has 0 radical (unpaired) electrons.